The molecule has 11 heteroatoms. The van der Waals surface area contributed by atoms with Crippen LogP contribution in [0.5, 0.6) is 0 Å². The molecule has 2 aromatic carbocycles. The molecular formula is C35H41N5O6. The highest BCUT2D eigenvalue weighted by atomic mass is 16.5. The first-order valence-electron chi connectivity index (χ1n) is 15.8. The first-order chi connectivity index (χ1) is 22.3. The lowest BCUT2D eigenvalue weighted by atomic mass is 9.84. The molecule has 46 heavy (non-hydrogen) atoms. The van der Waals surface area contributed by atoms with Gasteiger partial charge in [-0.3, -0.25) is 19.4 Å². The lowest BCUT2D eigenvalue weighted by molar-refractivity contribution is -0.137. The smallest absolute Gasteiger partial charge is 0.409 e. The number of benzene rings is 2. The minimum absolute atomic E-state index is 0.137. The number of pyridine rings is 1. The molecule has 0 radical (unpaired) electrons. The molecule has 3 N–H and O–H groups in total. The van der Waals surface area contributed by atoms with Crippen molar-refractivity contribution in [1.82, 2.24) is 15.2 Å². The zero-order valence-electron chi connectivity index (χ0n) is 26.1. The van der Waals surface area contributed by atoms with Crippen LogP contribution >= 0.6 is 0 Å². The molecule has 2 fully saturated rings. The molecular weight excluding hydrogens is 586 g/mol. The molecule has 2 atom stereocenters. The largest absolute Gasteiger partial charge is 0.481 e. The minimum Gasteiger partial charge on any atom is -0.481 e. The highest BCUT2D eigenvalue weighted by molar-refractivity contribution is 6.02. The molecule has 3 aromatic rings. The fourth-order valence-corrected chi connectivity index (χ4v) is 6.57. The van der Waals surface area contributed by atoms with Gasteiger partial charge < -0.3 is 30.3 Å². The van der Waals surface area contributed by atoms with Gasteiger partial charge in [-0.1, -0.05) is 49.2 Å². The number of aromatic nitrogens is 1. The summed E-state index contributed by atoms with van der Waals surface area (Å²) in [7, 11) is 1.37. The third-order valence-corrected chi connectivity index (χ3v) is 8.87. The Bertz CT molecular complexity index is 1510. The van der Waals surface area contributed by atoms with Crippen molar-refractivity contribution in [3.8, 4) is 0 Å². The summed E-state index contributed by atoms with van der Waals surface area (Å²) >= 11 is 0. The highest BCUT2D eigenvalue weighted by Gasteiger charge is 2.33. The Balaban J connectivity index is 1.46. The SMILES string of the molecule is COC(=O)N1CCCN(c2ccc(C(=O)NC(CC(=O)O)c3cccnc3)cc2NC(=O)C(c2ccccc2)C2CCCC2)CC1. The summed E-state index contributed by atoms with van der Waals surface area (Å²) in [6.07, 6.45) is 7.22. The minimum atomic E-state index is -1.06. The van der Waals surface area contributed by atoms with E-state index in [1.165, 1.54) is 13.3 Å². The van der Waals surface area contributed by atoms with Gasteiger partial charge in [-0.05, 0) is 60.6 Å². The fourth-order valence-electron chi connectivity index (χ4n) is 6.57. The standard InChI is InChI=1S/C35H41N5O6/c1-46-35(45)40-18-8-17-39(19-20-40)30-15-14-26(33(43)37-28(22-31(41)42)27-13-7-16-36-23-27)21-29(30)38-34(44)32(25-11-5-6-12-25)24-9-3-2-4-10-24/h2-4,7,9-10,13-16,21,23,25,28,32H,5-6,8,11-12,17-20,22H2,1H3,(H,37,43)(H,38,44)(H,41,42). The Morgan fingerprint density at radius 3 is 2.39 bits per heavy atom. The summed E-state index contributed by atoms with van der Waals surface area (Å²) in [5.41, 5.74) is 3.04. The van der Waals surface area contributed by atoms with Crippen molar-refractivity contribution >= 4 is 35.3 Å². The summed E-state index contributed by atoms with van der Waals surface area (Å²) in [5, 5.41) is 15.6. The number of ether oxygens (including phenoxy) is 1. The van der Waals surface area contributed by atoms with Gasteiger partial charge in [-0.15, -0.1) is 0 Å². The second-order valence-corrected chi connectivity index (χ2v) is 11.9. The average molecular weight is 628 g/mol. The molecule has 2 unspecified atom stereocenters. The molecule has 1 saturated carbocycles. The summed E-state index contributed by atoms with van der Waals surface area (Å²) in [4.78, 5) is 59.5. The highest BCUT2D eigenvalue weighted by Crippen LogP contribution is 2.39. The average Bonchev–Trinajstić information content (AvgIpc) is 3.48. The van der Waals surface area contributed by atoms with Gasteiger partial charge >= 0.3 is 12.1 Å². The fraction of sp³-hybridized carbons (Fsp3) is 0.400. The van der Waals surface area contributed by atoms with E-state index in [2.05, 4.69) is 20.5 Å². The van der Waals surface area contributed by atoms with Gasteiger partial charge in [0.2, 0.25) is 5.91 Å². The lowest BCUT2D eigenvalue weighted by Gasteiger charge is -2.28. The van der Waals surface area contributed by atoms with E-state index < -0.39 is 17.9 Å². The Hall–Kier alpha value is -4.93. The lowest BCUT2D eigenvalue weighted by Crippen LogP contribution is -2.35. The third-order valence-electron chi connectivity index (χ3n) is 8.87. The van der Waals surface area contributed by atoms with Crippen LogP contribution in [0.15, 0.2) is 73.1 Å². The first kappa shape index (κ1) is 32.5. The van der Waals surface area contributed by atoms with E-state index in [1.807, 2.05) is 36.4 Å². The Labute approximate surface area is 268 Å². The zero-order chi connectivity index (χ0) is 32.5. The second-order valence-electron chi connectivity index (χ2n) is 11.9. The van der Waals surface area contributed by atoms with Crippen LogP contribution in [-0.4, -0.2) is 72.2 Å². The molecule has 5 rings (SSSR count). The number of hydrogen-bond donors (Lipinski definition) is 3. The number of carboxylic acid groups (broad SMARTS) is 1. The van der Waals surface area contributed by atoms with Crippen molar-refractivity contribution in [1.29, 1.82) is 0 Å². The number of anilines is 2. The Kier molecular flexibility index (Phi) is 10.9. The number of hydrogen-bond acceptors (Lipinski definition) is 7. The van der Waals surface area contributed by atoms with Crippen molar-refractivity contribution in [2.45, 2.75) is 50.5 Å². The molecule has 2 heterocycles. The van der Waals surface area contributed by atoms with E-state index in [9.17, 15) is 24.3 Å². The van der Waals surface area contributed by atoms with Crippen molar-refractivity contribution < 1.29 is 29.0 Å². The van der Waals surface area contributed by atoms with Crippen molar-refractivity contribution in [2.24, 2.45) is 5.92 Å². The maximum atomic E-state index is 14.2. The number of nitrogens with one attached hydrogen (secondary N) is 2. The van der Waals surface area contributed by atoms with Crippen molar-refractivity contribution in [3.63, 3.8) is 0 Å². The number of amides is 3. The van der Waals surface area contributed by atoms with Crippen LogP contribution in [0.25, 0.3) is 0 Å². The van der Waals surface area contributed by atoms with E-state index in [0.717, 1.165) is 36.9 Å². The zero-order valence-corrected chi connectivity index (χ0v) is 26.1. The van der Waals surface area contributed by atoms with Crippen LogP contribution < -0.4 is 15.5 Å². The number of aliphatic carboxylic acids is 1. The number of nitrogens with zero attached hydrogens (tertiary/aromatic N) is 3. The molecule has 0 spiro atoms. The maximum Gasteiger partial charge on any atom is 0.409 e. The van der Waals surface area contributed by atoms with E-state index in [-0.39, 0.29) is 35.8 Å². The van der Waals surface area contributed by atoms with Crippen LogP contribution in [0.1, 0.15) is 72.0 Å². The third kappa shape index (κ3) is 8.01. The number of carboxylic acids is 1. The number of carbonyl (C=O) groups is 4. The molecule has 1 saturated heterocycles. The van der Waals surface area contributed by atoms with Gasteiger partial charge in [-0.2, -0.15) is 0 Å². The quantitative estimate of drug-likeness (QED) is 0.278. The van der Waals surface area contributed by atoms with E-state index in [0.29, 0.717) is 43.9 Å². The monoisotopic (exact) mass is 627 g/mol. The van der Waals surface area contributed by atoms with Crippen LogP contribution in [-0.2, 0) is 14.3 Å². The van der Waals surface area contributed by atoms with Crippen LogP contribution in [0.2, 0.25) is 0 Å². The summed E-state index contributed by atoms with van der Waals surface area (Å²) < 4.78 is 4.94. The van der Waals surface area contributed by atoms with E-state index in [1.54, 1.807) is 35.4 Å². The van der Waals surface area contributed by atoms with Gasteiger partial charge in [0.25, 0.3) is 5.91 Å². The van der Waals surface area contributed by atoms with Gasteiger partial charge in [0.05, 0.1) is 36.9 Å². The topological polar surface area (TPSA) is 141 Å². The molecule has 1 aliphatic heterocycles. The number of carbonyl (C=O) groups excluding carboxylic acids is 3. The van der Waals surface area contributed by atoms with E-state index >= 15 is 0 Å². The van der Waals surface area contributed by atoms with Crippen LogP contribution in [0.3, 0.4) is 0 Å². The Morgan fingerprint density at radius 2 is 1.70 bits per heavy atom. The molecule has 1 aliphatic carbocycles. The van der Waals surface area contributed by atoms with Crippen molar-refractivity contribution in [2.75, 3.05) is 43.5 Å². The summed E-state index contributed by atoms with van der Waals surface area (Å²) in [5.74, 6) is -1.81. The van der Waals surface area contributed by atoms with Crippen LogP contribution in [0.4, 0.5) is 16.2 Å². The van der Waals surface area contributed by atoms with Gasteiger partial charge in [0.1, 0.15) is 0 Å². The predicted octanol–water partition coefficient (Wildman–Crippen LogP) is 5.22. The predicted molar refractivity (Wildman–Crippen MR) is 174 cm³/mol. The second kappa shape index (κ2) is 15.4. The molecule has 1 aromatic heterocycles. The molecule has 11 nitrogen and oxygen atoms in total. The Morgan fingerprint density at radius 1 is 0.935 bits per heavy atom. The normalized spacial score (nSPS) is 16.6. The molecule has 0 bridgehead atoms. The van der Waals surface area contributed by atoms with E-state index in [4.69, 9.17) is 4.74 Å². The van der Waals surface area contributed by atoms with Gasteiger partial charge in [-0.25, -0.2) is 4.79 Å². The number of methoxy groups -OCH3 is 1. The van der Waals surface area contributed by atoms with Crippen LogP contribution in [0, 0.1) is 5.92 Å². The van der Waals surface area contributed by atoms with Gasteiger partial charge in [0, 0.05) is 44.1 Å². The summed E-state index contributed by atoms with van der Waals surface area (Å²) in [6.45, 7) is 2.13. The number of rotatable bonds is 10. The van der Waals surface area contributed by atoms with Gasteiger partial charge in [0.15, 0.2) is 0 Å². The van der Waals surface area contributed by atoms with Crippen molar-refractivity contribution in [3.05, 3.63) is 89.7 Å². The first-order valence-corrected chi connectivity index (χ1v) is 15.8. The maximum absolute atomic E-state index is 14.2. The molecule has 2 aliphatic rings. The summed E-state index contributed by atoms with van der Waals surface area (Å²) in [6, 6.07) is 17.6. The molecule has 3 amide bonds. The molecule has 242 valence electrons.